The number of anilines is 2. The van der Waals surface area contributed by atoms with Crippen LogP contribution in [0, 0.1) is 5.92 Å². The number of aryl methyl sites for hydroxylation is 2. The van der Waals surface area contributed by atoms with Gasteiger partial charge < -0.3 is 9.47 Å². The number of aromatic nitrogens is 4. The molecule has 1 aromatic carbocycles. The summed E-state index contributed by atoms with van der Waals surface area (Å²) in [7, 11) is 1.63. The van der Waals surface area contributed by atoms with E-state index in [4.69, 9.17) is 0 Å². The first-order chi connectivity index (χ1) is 13.0. The lowest BCUT2D eigenvalue weighted by Gasteiger charge is -2.33. The van der Waals surface area contributed by atoms with Gasteiger partial charge in [0.25, 0.3) is 5.56 Å². The van der Waals surface area contributed by atoms with E-state index in [0.29, 0.717) is 23.6 Å². The van der Waals surface area contributed by atoms with Crippen molar-refractivity contribution in [3.8, 4) is 0 Å². The zero-order valence-corrected chi connectivity index (χ0v) is 16.0. The topological polar surface area (TPSA) is 75.9 Å². The molecule has 27 heavy (non-hydrogen) atoms. The molecule has 0 fully saturated rings. The summed E-state index contributed by atoms with van der Waals surface area (Å²) in [4.78, 5) is 33.6. The average molecular weight is 367 g/mol. The summed E-state index contributed by atoms with van der Waals surface area (Å²) < 4.78 is 3.34. The molecule has 0 radical (unpaired) electrons. The van der Waals surface area contributed by atoms with Crippen molar-refractivity contribution in [1.82, 2.24) is 19.1 Å². The lowest BCUT2D eigenvalue weighted by atomic mass is 10.1. The monoisotopic (exact) mass is 367 g/mol. The third-order valence-electron chi connectivity index (χ3n) is 5.28. The fourth-order valence-electron chi connectivity index (χ4n) is 3.81. The Labute approximate surface area is 157 Å². The van der Waals surface area contributed by atoms with Gasteiger partial charge in [-0.25, -0.2) is 4.79 Å². The van der Waals surface area contributed by atoms with Gasteiger partial charge in [-0.1, -0.05) is 32.4 Å². The second kappa shape index (κ2) is 6.72. The first-order valence-corrected chi connectivity index (χ1v) is 9.55. The number of rotatable bonds is 4. The third kappa shape index (κ3) is 2.97. The van der Waals surface area contributed by atoms with Crippen molar-refractivity contribution in [2.75, 3.05) is 11.4 Å². The minimum atomic E-state index is -0.442. The maximum absolute atomic E-state index is 12.4. The number of fused-ring (bicyclic) bond motifs is 3. The van der Waals surface area contributed by atoms with E-state index >= 15 is 0 Å². The predicted molar refractivity (Wildman–Crippen MR) is 107 cm³/mol. The van der Waals surface area contributed by atoms with Gasteiger partial charge in [-0.05, 0) is 36.5 Å². The summed E-state index contributed by atoms with van der Waals surface area (Å²) in [5.74, 6) is 1.07. The third-order valence-corrected chi connectivity index (χ3v) is 5.28. The molecule has 1 atom stereocenters. The highest BCUT2D eigenvalue weighted by molar-refractivity contribution is 5.77. The van der Waals surface area contributed by atoms with E-state index in [0.717, 1.165) is 24.6 Å². The van der Waals surface area contributed by atoms with E-state index in [9.17, 15) is 9.59 Å². The quantitative estimate of drug-likeness (QED) is 0.769. The first kappa shape index (κ1) is 17.6. The van der Waals surface area contributed by atoms with Gasteiger partial charge in [0.15, 0.2) is 11.2 Å². The van der Waals surface area contributed by atoms with Crippen LogP contribution >= 0.6 is 0 Å². The molecule has 3 aromatic rings. The predicted octanol–water partition coefficient (Wildman–Crippen LogP) is 2.55. The second-order valence-corrected chi connectivity index (χ2v) is 7.50. The van der Waals surface area contributed by atoms with Crippen LogP contribution in [0.2, 0.25) is 0 Å². The molecule has 0 unspecified atom stereocenters. The van der Waals surface area contributed by atoms with Gasteiger partial charge in [0.05, 0.1) is 0 Å². The first-order valence-electron chi connectivity index (χ1n) is 9.55. The molecular weight excluding hydrogens is 342 g/mol. The van der Waals surface area contributed by atoms with Crippen LogP contribution in [0.4, 0.5) is 11.6 Å². The molecule has 0 amide bonds. The standard InChI is InChI=1S/C20H25N5O2/c1-4-5-6-14-7-9-15(10-8-14)24-11-13(2)12-25-16-17(21-19(24)25)23(3)20(27)22-18(16)26/h7-10,13H,4-6,11-12H2,1-3H3,(H,22,26,27)/t13-/m1/s1. The number of benzene rings is 1. The summed E-state index contributed by atoms with van der Waals surface area (Å²) in [6.07, 6.45) is 3.46. The fraction of sp³-hybridized carbons (Fsp3) is 0.450. The van der Waals surface area contributed by atoms with Crippen molar-refractivity contribution in [2.24, 2.45) is 13.0 Å². The number of imidazole rings is 1. The summed E-state index contributed by atoms with van der Waals surface area (Å²) in [6.45, 7) is 5.89. The fourth-order valence-corrected chi connectivity index (χ4v) is 3.81. The van der Waals surface area contributed by atoms with E-state index < -0.39 is 5.69 Å². The summed E-state index contributed by atoms with van der Waals surface area (Å²) in [6, 6.07) is 8.57. The lowest BCUT2D eigenvalue weighted by molar-refractivity contribution is 0.458. The lowest BCUT2D eigenvalue weighted by Crippen LogP contribution is -2.35. The smallest absolute Gasteiger partial charge is 0.312 e. The molecule has 1 aliphatic rings. The van der Waals surface area contributed by atoms with Gasteiger partial charge >= 0.3 is 5.69 Å². The van der Waals surface area contributed by atoms with E-state index in [1.807, 2.05) is 4.57 Å². The van der Waals surface area contributed by atoms with Crippen molar-refractivity contribution < 1.29 is 0 Å². The Bertz CT molecular complexity index is 1090. The van der Waals surface area contributed by atoms with Crippen molar-refractivity contribution in [1.29, 1.82) is 0 Å². The van der Waals surface area contributed by atoms with Crippen LogP contribution in [0.25, 0.3) is 11.2 Å². The number of hydrogen-bond acceptors (Lipinski definition) is 4. The van der Waals surface area contributed by atoms with Gasteiger partial charge in [-0.2, -0.15) is 4.98 Å². The Morgan fingerprint density at radius 3 is 2.63 bits per heavy atom. The Balaban J connectivity index is 1.82. The number of nitrogens with one attached hydrogen (secondary N) is 1. The molecule has 3 heterocycles. The Morgan fingerprint density at radius 1 is 1.19 bits per heavy atom. The molecule has 1 N–H and O–H groups in total. The minimum absolute atomic E-state index is 0.353. The molecule has 7 heteroatoms. The number of hydrogen-bond donors (Lipinski definition) is 1. The Hall–Kier alpha value is -2.83. The highest BCUT2D eigenvalue weighted by atomic mass is 16.2. The summed E-state index contributed by atoms with van der Waals surface area (Å²) in [5.41, 5.74) is 2.46. The minimum Gasteiger partial charge on any atom is -0.312 e. The van der Waals surface area contributed by atoms with Gasteiger partial charge in [-0.3, -0.25) is 14.3 Å². The van der Waals surface area contributed by atoms with E-state index in [1.165, 1.54) is 23.0 Å². The van der Waals surface area contributed by atoms with Crippen LogP contribution in [-0.2, 0) is 20.0 Å². The van der Waals surface area contributed by atoms with E-state index in [-0.39, 0.29) is 5.56 Å². The molecule has 0 bridgehead atoms. The number of nitrogens with zero attached hydrogens (tertiary/aromatic N) is 4. The molecule has 0 spiro atoms. The average Bonchev–Trinajstić information content (AvgIpc) is 3.04. The van der Waals surface area contributed by atoms with E-state index in [1.54, 1.807) is 7.05 Å². The maximum Gasteiger partial charge on any atom is 0.329 e. The van der Waals surface area contributed by atoms with Crippen molar-refractivity contribution in [3.63, 3.8) is 0 Å². The van der Waals surface area contributed by atoms with Crippen LogP contribution in [-0.4, -0.2) is 25.6 Å². The van der Waals surface area contributed by atoms with Crippen LogP contribution < -0.4 is 16.1 Å². The highest BCUT2D eigenvalue weighted by Crippen LogP contribution is 2.32. The molecule has 4 rings (SSSR count). The Kier molecular flexibility index (Phi) is 4.37. The summed E-state index contributed by atoms with van der Waals surface area (Å²) in [5, 5.41) is 0. The molecule has 142 valence electrons. The molecule has 0 aliphatic carbocycles. The SMILES string of the molecule is CCCCc1ccc(N2C[C@@H](C)Cn3c2nc2c3c(=O)[nH]c(=O)n2C)cc1. The zero-order valence-electron chi connectivity index (χ0n) is 16.0. The van der Waals surface area contributed by atoms with Crippen LogP contribution in [0.1, 0.15) is 32.3 Å². The van der Waals surface area contributed by atoms with E-state index in [2.05, 4.69) is 53.0 Å². The molecule has 1 aliphatic heterocycles. The van der Waals surface area contributed by atoms with Gasteiger partial charge in [0, 0.05) is 25.8 Å². The summed E-state index contributed by atoms with van der Waals surface area (Å²) >= 11 is 0. The Morgan fingerprint density at radius 2 is 1.93 bits per heavy atom. The molecular formula is C20H25N5O2. The van der Waals surface area contributed by atoms with Crippen molar-refractivity contribution in [3.05, 3.63) is 50.7 Å². The van der Waals surface area contributed by atoms with Crippen LogP contribution in [0.3, 0.4) is 0 Å². The van der Waals surface area contributed by atoms with Crippen molar-refractivity contribution >= 4 is 22.8 Å². The highest BCUT2D eigenvalue weighted by Gasteiger charge is 2.28. The molecule has 7 nitrogen and oxygen atoms in total. The maximum atomic E-state index is 12.4. The second-order valence-electron chi connectivity index (χ2n) is 7.50. The zero-order chi connectivity index (χ0) is 19.1. The normalized spacial score (nSPS) is 16.7. The molecule has 0 saturated heterocycles. The number of H-pyrrole nitrogens is 1. The van der Waals surface area contributed by atoms with Gasteiger partial charge in [0.1, 0.15) is 0 Å². The van der Waals surface area contributed by atoms with Gasteiger partial charge in [0.2, 0.25) is 5.95 Å². The van der Waals surface area contributed by atoms with Crippen LogP contribution in [0.15, 0.2) is 33.9 Å². The number of unbranched alkanes of at least 4 members (excludes halogenated alkanes) is 1. The number of aromatic amines is 1. The molecule has 0 saturated carbocycles. The molecule has 2 aromatic heterocycles. The largest absolute Gasteiger partial charge is 0.329 e. The van der Waals surface area contributed by atoms with Crippen molar-refractivity contribution in [2.45, 2.75) is 39.7 Å². The van der Waals surface area contributed by atoms with Gasteiger partial charge in [-0.15, -0.1) is 0 Å². The van der Waals surface area contributed by atoms with Crippen LogP contribution in [0.5, 0.6) is 0 Å².